The number of piperazine rings is 1. The lowest BCUT2D eigenvalue weighted by Gasteiger charge is -2.35. The Kier molecular flexibility index (Phi) is 4.96. The zero-order valence-corrected chi connectivity index (χ0v) is 13.8. The predicted molar refractivity (Wildman–Crippen MR) is 87.1 cm³/mol. The molecule has 0 radical (unpaired) electrons. The Morgan fingerprint density at radius 2 is 1.87 bits per heavy atom. The molecule has 1 N–H and O–H groups in total. The molecular formula is C16H16ClF3N2S. The molecule has 124 valence electrons. The van der Waals surface area contributed by atoms with Gasteiger partial charge >= 0.3 is 6.18 Å². The second-order valence-electron chi connectivity index (χ2n) is 5.41. The van der Waals surface area contributed by atoms with Crippen LogP contribution in [0.3, 0.4) is 0 Å². The molecule has 0 spiro atoms. The van der Waals surface area contributed by atoms with Gasteiger partial charge in [0.25, 0.3) is 0 Å². The Morgan fingerprint density at radius 1 is 1.13 bits per heavy atom. The lowest BCUT2D eigenvalue weighted by molar-refractivity contribution is -0.137. The van der Waals surface area contributed by atoms with Crippen LogP contribution in [-0.4, -0.2) is 31.1 Å². The number of hydrogen-bond acceptors (Lipinski definition) is 3. The molecule has 1 aliphatic rings. The van der Waals surface area contributed by atoms with E-state index in [2.05, 4.69) is 10.2 Å². The fourth-order valence-corrected chi connectivity index (χ4v) is 4.11. The first-order chi connectivity index (χ1) is 11.0. The monoisotopic (exact) mass is 360 g/mol. The number of hydrogen-bond donors (Lipinski definition) is 1. The fraction of sp³-hybridized carbons (Fsp3) is 0.375. The second kappa shape index (κ2) is 6.81. The third kappa shape index (κ3) is 3.55. The highest BCUT2D eigenvalue weighted by molar-refractivity contribution is 7.10. The molecule has 1 saturated heterocycles. The van der Waals surface area contributed by atoms with Crippen LogP contribution in [-0.2, 0) is 6.18 Å². The fourth-order valence-electron chi connectivity index (χ4n) is 2.90. The van der Waals surface area contributed by atoms with Gasteiger partial charge in [0.05, 0.1) is 16.6 Å². The van der Waals surface area contributed by atoms with Crippen LogP contribution in [0.5, 0.6) is 0 Å². The van der Waals surface area contributed by atoms with Crippen LogP contribution in [0.1, 0.15) is 22.0 Å². The van der Waals surface area contributed by atoms with E-state index in [1.54, 1.807) is 6.07 Å². The van der Waals surface area contributed by atoms with E-state index < -0.39 is 11.7 Å². The van der Waals surface area contributed by atoms with Gasteiger partial charge < -0.3 is 5.32 Å². The zero-order valence-electron chi connectivity index (χ0n) is 12.2. The van der Waals surface area contributed by atoms with Crippen molar-refractivity contribution >= 4 is 22.9 Å². The maximum Gasteiger partial charge on any atom is 0.417 e. The first-order valence-electron chi connectivity index (χ1n) is 7.32. The summed E-state index contributed by atoms with van der Waals surface area (Å²) in [5, 5.41) is 5.00. The van der Waals surface area contributed by atoms with E-state index in [1.165, 1.54) is 17.4 Å². The minimum Gasteiger partial charge on any atom is -0.314 e. The smallest absolute Gasteiger partial charge is 0.314 e. The van der Waals surface area contributed by atoms with Crippen LogP contribution >= 0.6 is 22.9 Å². The van der Waals surface area contributed by atoms with Gasteiger partial charge in [0.1, 0.15) is 0 Å². The first-order valence-corrected chi connectivity index (χ1v) is 8.58. The summed E-state index contributed by atoms with van der Waals surface area (Å²) >= 11 is 7.71. The van der Waals surface area contributed by atoms with Crippen molar-refractivity contribution in [3.8, 4) is 0 Å². The zero-order chi connectivity index (χ0) is 16.4. The van der Waals surface area contributed by atoms with E-state index in [1.807, 2.05) is 17.5 Å². The Hall–Kier alpha value is -1.08. The molecule has 1 aromatic carbocycles. The van der Waals surface area contributed by atoms with Crippen molar-refractivity contribution in [2.75, 3.05) is 26.2 Å². The summed E-state index contributed by atoms with van der Waals surface area (Å²) in [4.78, 5) is 3.19. The van der Waals surface area contributed by atoms with Crippen molar-refractivity contribution < 1.29 is 13.2 Å². The highest BCUT2D eigenvalue weighted by atomic mass is 35.5. The lowest BCUT2D eigenvalue weighted by atomic mass is 10.00. The maximum absolute atomic E-state index is 13.2. The van der Waals surface area contributed by atoms with Gasteiger partial charge in [-0.1, -0.05) is 29.8 Å². The van der Waals surface area contributed by atoms with Crippen molar-refractivity contribution in [3.63, 3.8) is 0 Å². The van der Waals surface area contributed by atoms with E-state index in [0.717, 1.165) is 37.1 Å². The predicted octanol–water partition coefficient (Wildman–Crippen LogP) is 4.41. The van der Waals surface area contributed by atoms with Crippen LogP contribution in [0, 0.1) is 0 Å². The molecule has 7 heteroatoms. The Balaban J connectivity index is 2.07. The molecule has 1 aliphatic heterocycles. The summed E-state index contributed by atoms with van der Waals surface area (Å²) in [5.74, 6) is 0. The minimum absolute atomic E-state index is 0.197. The van der Waals surface area contributed by atoms with Crippen molar-refractivity contribution in [3.05, 3.63) is 56.7 Å². The molecule has 23 heavy (non-hydrogen) atoms. The molecule has 3 rings (SSSR count). The second-order valence-corrected chi connectivity index (χ2v) is 6.77. The summed E-state index contributed by atoms with van der Waals surface area (Å²) in [7, 11) is 0. The van der Waals surface area contributed by atoms with Gasteiger partial charge in [0.2, 0.25) is 0 Å². The summed E-state index contributed by atoms with van der Waals surface area (Å²) in [6.45, 7) is 3.18. The SMILES string of the molecule is FC(F)(F)c1cccc([C@H](c2cccs2)N2CCNCC2)c1Cl. The van der Waals surface area contributed by atoms with Gasteiger partial charge in [-0.3, -0.25) is 4.90 Å². The molecule has 1 atom stereocenters. The molecule has 1 aromatic heterocycles. The highest BCUT2D eigenvalue weighted by Gasteiger charge is 2.36. The highest BCUT2D eigenvalue weighted by Crippen LogP contribution is 2.41. The number of nitrogens with one attached hydrogen (secondary N) is 1. The standard InChI is InChI=1S/C16H16ClF3N2S/c17-14-11(3-1-4-12(14)16(18,19)20)15(13-5-2-10-23-13)22-8-6-21-7-9-22/h1-5,10,15,21H,6-9H2/t15-/m1/s1. The van der Waals surface area contributed by atoms with Crippen molar-refractivity contribution in [2.45, 2.75) is 12.2 Å². The molecule has 0 unspecified atom stereocenters. The number of alkyl halides is 3. The first kappa shape index (κ1) is 16.8. The molecular weight excluding hydrogens is 345 g/mol. The van der Waals surface area contributed by atoms with E-state index in [0.29, 0.717) is 5.56 Å². The molecule has 2 heterocycles. The van der Waals surface area contributed by atoms with Crippen LogP contribution in [0.2, 0.25) is 5.02 Å². The van der Waals surface area contributed by atoms with Crippen molar-refractivity contribution in [2.24, 2.45) is 0 Å². The maximum atomic E-state index is 13.2. The normalized spacial score (nSPS) is 18.1. The summed E-state index contributed by atoms with van der Waals surface area (Å²) in [5.41, 5.74) is -0.251. The molecule has 0 aliphatic carbocycles. The number of rotatable bonds is 3. The van der Waals surface area contributed by atoms with Gasteiger partial charge in [-0.05, 0) is 23.1 Å². The van der Waals surface area contributed by atoms with Crippen LogP contribution in [0.4, 0.5) is 13.2 Å². The van der Waals surface area contributed by atoms with Gasteiger partial charge in [-0.2, -0.15) is 13.2 Å². The number of thiophene rings is 1. The lowest BCUT2D eigenvalue weighted by Crippen LogP contribution is -2.45. The molecule has 1 fully saturated rings. The Labute approximate surface area is 141 Å². The molecule has 0 bridgehead atoms. The van der Waals surface area contributed by atoms with Gasteiger partial charge in [-0.15, -0.1) is 11.3 Å². The largest absolute Gasteiger partial charge is 0.417 e. The van der Waals surface area contributed by atoms with E-state index in [4.69, 9.17) is 11.6 Å². The quantitative estimate of drug-likeness (QED) is 0.872. The van der Waals surface area contributed by atoms with E-state index in [-0.39, 0.29) is 11.1 Å². The van der Waals surface area contributed by atoms with Crippen molar-refractivity contribution in [1.82, 2.24) is 10.2 Å². The summed E-state index contributed by atoms with van der Waals surface area (Å²) in [6.07, 6.45) is -4.45. The van der Waals surface area contributed by atoms with Crippen LogP contribution < -0.4 is 5.32 Å². The Morgan fingerprint density at radius 3 is 2.48 bits per heavy atom. The molecule has 2 aromatic rings. The third-order valence-electron chi connectivity index (χ3n) is 3.96. The molecule has 0 saturated carbocycles. The van der Waals surface area contributed by atoms with Gasteiger partial charge in [-0.25, -0.2) is 0 Å². The van der Waals surface area contributed by atoms with Crippen LogP contribution in [0.15, 0.2) is 35.7 Å². The van der Waals surface area contributed by atoms with Crippen LogP contribution in [0.25, 0.3) is 0 Å². The molecule has 2 nitrogen and oxygen atoms in total. The minimum atomic E-state index is -4.45. The topological polar surface area (TPSA) is 15.3 Å². The summed E-state index contributed by atoms with van der Waals surface area (Å²) in [6, 6.07) is 7.79. The third-order valence-corrected chi connectivity index (χ3v) is 5.30. The number of benzene rings is 1. The van der Waals surface area contributed by atoms with Gasteiger partial charge in [0, 0.05) is 31.1 Å². The molecule has 0 amide bonds. The average Bonchev–Trinajstić information content (AvgIpc) is 3.03. The van der Waals surface area contributed by atoms with Gasteiger partial charge in [0.15, 0.2) is 0 Å². The van der Waals surface area contributed by atoms with E-state index in [9.17, 15) is 13.2 Å². The number of nitrogens with zero attached hydrogens (tertiary/aromatic N) is 1. The number of halogens is 4. The van der Waals surface area contributed by atoms with E-state index >= 15 is 0 Å². The van der Waals surface area contributed by atoms with Crippen molar-refractivity contribution in [1.29, 1.82) is 0 Å². The Bertz CT molecular complexity index is 652. The average molecular weight is 361 g/mol. The summed E-state index contributed by atoms with van der Waals surface area (Å²) < 4.78 is 39.5.